The number of rotatable bonds is 4. The lowest BCUT2D eigenvalue weighted by molar-refractivity contribution is 1.10. The summed E-state index contributed by atoms with van der Waals surface area (Å²) in [6.07, 6.45) is 1.07. The highest BCUT2D eigenvalue weighted by Gasteiger charge is 1.97. The molecular formula is C11H16S2. The first-order valence-electron chi connectivity index (χ1n) is 4.59. The van der Waals surface area contributed by atoms with E-state index in [-0.39, 0.29) is 0 Å². The van der Waals surface area contributed by atoms with Gasteiger partial charge in [-0.2, -0.15) is 12.6 Å². The van der Waals surface area contributed by atoms with Crippen molar-refractivity contribution >= 4 is 24.4 Å². The van der Waals surface area contributed by atoms with Crippen LogP contribution >= 0.6 is 24.4 Å². The topological polar surface area (TPSA) is 0 Å². The van der Waals surface area contributed by atoms with Gasteiger partial charge in [0.1, 0.15) is 0 Å². The largest absolute Gasteiger partial charge is 0.179 e. The maximum absolute atomic E-state index is 4.21. The van der Waals surface area contributed by atoms with Crippen LogP contribution in [0, 0.1) is 0 Å². The summed E-state index contributed by atoms with van der Waals surface area (Å²) in [5.74, 6) is 0.927. The van der Waals surface area contributed by atoms with Gasteiger partial charge < -0.3 is 0 Å². The highest BCUT2D eigenvalue weighted by molar-refractivity contribution is 7.99. The molecule has 0 aliphatic rings. The Labute approximate surface area is 90.5 Å². The molecule has 0 amide bonds. The lowest BCUT2D eigenvalue weighted by Crippen LogP contribution is -1.88. The number of aryl methyl sites for hydroxylation is 1. The average Bonchev–Trinajstić information content (AvgIpc) is 2.08. The van der Waals surface area contributed by atoms with Crippen molar-refractivity contribution in [3.63, 3.8) is 0 Å². The molecular weight excluding hydrogens is 196 g/mol. The van der Waals surface area contributed by atoms with Crippen molar-refractivity contribution in [3.05, 3.63) is 29.8 Å². The molecule has 0 heterocycles. The summed E-state index contributed by atoms with van der Waals surface area (Å²) >= 11 is 6.11. The SMILES string of the molecule is CC(C)Sc1ccc(CCS)cc1. The minimum absolute atomic E-state index is 0.663. The van der Waals surface area contributed by atoms with Crippen LogP contribution in [0.25, 0.3) is 0 Å². The number of thioether (sulfide) groups is 1. The third-order valence-electron chi connectivity index (χ3n) is 1.70. The monoisotopic (exact) mass is 212 g/mol. The van der Waals surface area contributed by atoms with Crippen molar-refractivity contribution in [3.8, 4) is 0 Å². The minimum Gasteiger partial charge on any atom is -0.179 e. The van der Waals surface area contributed by atoms with E-state index in [9.17, 15) is 0 Å². The van der Waals surface area contributed by atoms with Gasteiger partial charge in [0.2, 0.25) is 0 Å². The van der Waals surface area contributed by atoms with Gasteiger partial charge in [0.05, 0.1) is 0 Å². The quantitative estimate of drug-likeness (QED) is 0.587. The van der Waals surface area contributed by atoms with Crippen LogP contribution in [-0.2, 0) is 6.42 Å². The number of hydrogen-bond acceptors (Lipinski definition) is 2. The molecule has 0 saturated carbocycles. The molecule has 1 rings (SSSR count). The van der Waals surface area contributed by atoms with E-state index in [4.69, 9.17) is 0 Å². The van der Waals surface area contributed by atoms with Gasteiger partial charge in [-0.1, -0.05) is 26.0 Å². The third kappa shape index (κ3) is 4.10. The number of benzene rings is 1. The predicted octanol–water partition coefficient (Wildman–Crippen LogP) is 3.66. The predicted molar refractivity (Wildman–Crippen MR) is 65.0 cm³/mol. The Bertz CT molecular complexity index is 239. The lowest BCUT2D eigenvalue weighted by atomic mass is 10.2. The molecule has 2 heteroatoms. The molecule has 0 fully saturated rings. The lowest BCUT2D eigenvalue weighted by Gasteiger charge is -2.05. The van der Waals surface area contributed by atoms with Gasteiger partial charge in [-0.05, 0) is 29.9 Å². The maximum atomic E-state index is 4.21. The van der Waals surface area contributed by atoms with Crippen LogP contribution in [0.5, 0.6) is 0 Å². The third-order valence-corrected chi connectivity index (χ3v) is 2.93. The fourth-order valence-corrected chi connectivity index (χ4v) is 2.23. The van der Waals surface area contributed by atoms with Crippen LogP contribution in [0.4, 0.5) is 0 Å². The molecule has 0 aromatic heterocycles. The van der Waals surface area contributed by atoms with Crippen molar-refractivity contribution in [1.82, 2.24) is 0 Å². The van der Waals surface area contributed by atoms with Gasteiger partial charge in [-0.25, -0.2) is 0 Å². The van der Waals surface area contributed by atoms with E-state index in [1.54, 1.807) is 0 Å². The molecule has 72 valence electrons. The summed E-state index contributed by atoms with van der Waals surface area (Å²) in [5, 5.41) is 0.663. The van der Waals surface area contributed by atoms with Crippen LogP contribution in [0.2, 0.25) is 0 Å². The first-order chi connectivity index (χ1) is 6.22. The van der Waals surface area contributed by atoms with Crippen molar-refractivity contribution in [2.45, 2.75) is 30.4 Å². The Morgan fingerprint density at radius 1 is 1.23 bits per heavy atom. The van der Waals surface area contributed by atoms with Gasteiger partial charge in [-0.15, -0.1) is 11.8 Å². The fraction of sp³-hybridized carbons (Fsp3) is 0.455. The van der Waals surface area contributed by atoms with Gasteiger partial charge in [0, 0.05) is 10.1 Å². The fourth-order valence-electron chi connectivity index (χ4n) is 1.14. The summed E-state index contributed by atoms with van der Waals surface area (Å²) in [4.78, 5) is 1.36. The van der Waals surface area contributed by atoms with Crippen LogP contribution in [0.1, 0.15) is 19.4 Å². The molecule has 0 radical (unpaired) electrons. The Morgan fingerprint density at radius 3 is 2.31 bits per heavy atom. The highest BCUT2D eigenvalue weighted by Crippen LogP contribution is 2.22. The van der Waals surface area contributed by atoms with E-state index in [0.29, 0.717) is 5.25 Å². The van der Waals surface area contributed by atoms with Crippen molar-refractivity contribution < 1.29 is 0 Å². The van der Waals surface area contributed by atoms with Crippen LogP contribution < -0.4 is 0 Å². The highest BCUT2D eigenvalue weighted by atomic mass is 32.2. The molecule has 0 nitrogen and oxygen atoms in total. The molecule has 0 aliphatic carbocycles. The van der Waals surface area contributed by atoms with Crippen molar-refractivity contribution in [2.24, 2.45) is 0 Å². The Morgan fingerprint density at radius 2 is 1.85 bits per heavy atom. The summed E-state index contributed by atoms with van der Waals surface area (Å²) in [6, 6.07) is 8.79. The second-order valence-corrected chi connectivity index (χ2v) is 5.38. The van der Waals surface area contributed by atoms with Crippen LogP contribution in [-0.4, -0.2) is 11.0 Å². The van der Waals surface area contributed by atoms with E-state index in [2.05, 4.69) is 50.7 Å². The Kier molecular flexibility index (Phi) is 4.74. The second-order valence-electron chi connectivity index (χ2n) is 3.28. The van der Waals surface area contributed by atoms with E-state index in [1.165, 1.54) is 10.5 Å². The van der Waals surface area contributed by atoms with E-state index in [0.717, 1.165) is 12.2 Å². The zero-order valence-electron chi connectivity index (χ0n) is 8.16. The summed E-state index contributed by atoms with van der Waals surface area (Å²) in [7, 11) is 0. The van der Waals surface area contributed by atoms with Crippen molar-refractivity contribution in [1.29, 1.82) is 0 Å². The standard InChI is InChI=1S/C11H16S2/c1-9(2)13-11-5-3-10(4-6-11)7-8-12/h3-6,9,12H,7-8H2,1-2H3. The average molecular weight is 212 g/mol. The normalized spacial score (nSPS) is 10.8. The van der Waals surface area contributed by atoms with E-state index in [1.807, 2.05) is 11.8 Å². The zero-order valence-corrected chi connectivity index (χ0v) is 9.87. The molecule has 0 aliphatic heterocycles. The molecule has 0 atom stereocenters. The molecule has 1 aromatic carbocycles. The first kappa shape index (κ1) is 11.0. The summed E-state index contributed by atoms with van der Waals surface area (Å²) in [5.41, 5.74) is 1.38. The Hall–Kier alpha value is -0.0800. The molecule has 13 heavy (non-hydrogen) atoms. The summed E-state index contributed by atoms with van der Waals surface area (Å²) < 4.78 is 0. The van der Waals surface area contributed by atoms with Crippen molar-refractivity contribution in [2.75, 3.05) is 5.75 Å². The molecule has 0 N–H and O–H groups in total. The minimum atomic E-state index is 0.663. The first-order valence-corrected chi connectivity index (χ1v) is 6.10. The molecule has 0 unspecified atom stereocenters. The second kappa shape index (κ2) is 5.61. The molecule has 0 spiro atoms. The van der Waals surface area contributed by atoms with Gasteiger partial charge in [0.15, 0.2) is 0 Å². The van der Waals surface area contributed by atoms with E-state index >= 15 is 0 Å². The van der Waals surface area contributed by atoms with Gasteiger partial charge in [-0.3, -0.25) is 0 Å². The Balaban J connectivity index is 2.59. The number of thiol groups is 1. The van der Waals surface area contributed by atoms with E-state index < -0.39 is 0 Å². The van der Waals surface area contributed by atoms with Gasteiger partial charge >= 0.3 is 0 Å². The molecule has 0 saturated heterocycles. The summed E-state index contributed by atoms with van der Waals surface area (Å²) in [6.45, 7) is 4.43. The van der Waals surface area contributed by atoms with Crippen LogP contribution in [0.15, 0.2) is 29.2 Å². The maximum Gasteiger partial charge on any atom is 0.00747 e. The smallest absolute Gasteiger partial charge is 0.00747 e. The zero-order chi connectivity index (χ0) is 9.68. The molecule has 0 bridgehead atoms. The van der Waals surface area contributed by atoms with Crippen LogP contribution in [0.3, 0.4) is 0 Å². The van der Waals surface area contributed by atoms with Gasteiger partial charge in [0.25, 0.3) is 0 Å². The molecule has 1 aromatic rings. The number of hydrogen-bond donors (Lipinski definition) is 1.